The normalized spacial score (nSPS) is 25.8. The molecule has 0 bridgehead atoms. The number of hydrogen-bond acceptors (Lipinski definition) is 2. The van der Waals surface area contributed by atoms with Crippen molar-refractivity contribution in [2.45, 2.75) is 62.1 Å². The van der Waals surface area contributed by atoms with Gasteiger partial charge in [0.05, 0.1) is 0 Å². The second-order valence-electron chi connectivity index (χ2n) is 6.04. The van der Waals surface area contributed by atoms with Gasteiger partial charge in [-0.05, 0) is 49.8 Å². The molecule has 2 heterocycles. The highest BCUT2D eigenvalue weighted by atomic mass is 32.2. The fraction of sp³-hybridized carbons (Fsp3) is 0.529. The maximum atomic E-state index is 4.14. The average molecular weight is 273 g/mol. The molecule has 0 aromatic heterocycles. The van der Waals surface area contributed by atoms with Crippen LogP contribution in [0.3, 0.4) is 0 Å². The fourth-order valence-corrected chi connectivity index (χ4v) is 4.32. The van der Waals surface area contributed by atoms with Crippen LogP contribution in [0.1, 0.15) is 44.2 Å². The monoisotopic (exact) mass is 273 g/mol. The maximum absolute atomic E-state index is 4.14. The highest BCUT2D eigenvalue weighted by Crippen LogP contribution is 2.40. The Bertz CT molecular complexity index is 506. The summed E-state index contributed by atoms with van der Waals surface area (Å²) in [6.45, 7) is 8.61. The van der Waals surface area contributed by atoms with Crippen LogP contribution >= 0.6 is 11.8 Å². The average Bonchev–Trinajstić information content (AvgIpc) is 2.67. The molecule has 2 aliphatic heterocycles. The predicted octanol–water partition coefficient (Wildman–Crippen LogP) is 4.81. The first-order valence-corrected chi connectivity index (χ1v) is 8.26. The Labute approximate surface area is 120 Å². The molecule has 0 radical (unpaired) electrons. The molecule has 102 valence electrons. The Hall–Kier alpha value is -0.890. The van der Waals surface area contributed by atoms with Crippen LogP contribution in [0.25, 0.3) is 0 Å². The van der Waals surface area contributed by atoms with E-state index < -0.39 is 0 Å². The first-order chi connectivity index (χ1) is 9.13. The molecule has 1 N–H and O–H groups in total. The molecule has 2 heteroatoms. The SMILES string of the molecule is C=C(C)C1CCCCc2cc3c(cc2N1)SC(C)C3. The molecule has 0 aliphatic carbocycles. The molecular formula is C17H23NS. The van der Waals surface area contributed by atoms with Crippen molar-refractivity contribution in [3.63, 3.8) is 0 Å². The molecule has 19 heavy (non-hydrogen) atoms. The lowest BCUT2D eigenvalue weighted by Crippen LogP contribution is -2.23. The Balaban J connectivity index is 1.95. The van der Waals surface area contributed by atoms with Gasteiger partial charge in [-0.2, -0.15) is 0 Å². The van der Waals surface area contributed by atoms with Crippen molar-refractivity contribution in [3.8, 4) is 0 Å². The van der Waals surface area contributed by atoms with Crippen molar-refractivity contribution in [2.75, 3.05) is 5.32 Å². The molecule has 1 nitrogen and oxygen atoms in total. The number of aryl methyl sites for hydroxylation is 1. The number of nitrogens with one attached hydrogen (secondary N) is 1. The zero-order valence-electron chi connectivity index (χ0n) is 12.0. The molecule has 1 aromatic carbocycles. The number of rotatable bonds is 1. The van der Waals surface area contributed by atoms with Crippen LogP contribution in [-0.4, -0.2) is 11.3 Å². The minimum absolute atomic E-state index is 0.445. The second-order valence-corrected chi connectivity index (χ2v) is 7.52. The summed E-state index contributed by atoms with van der Waals surface area (Å²) in [6.07, 6.45) is 6.27. The molecule has 2 unspecified atom stereocenters. The summed E-state index contributed by atoms with van der Waals surface area (Å²) in [5, 5.41) is 4.47. The van der Waals surface area contributed by atoms with Crippen molar-refractivity contribution in [1.29, 1.82) is 0 Å². The first-order valence-electron chi connectivity index (χ1n) is 7.38. The first kappa shape index (κ1) is 13.1. The van der Waals surface area contributed by atoms with Crippen LogP contribution in [0.4, 0.5) is 5.69 Å². The van der Waals surface area contributed by atoms with Gasteiger partial charge in [-0.25, -0.2) is 0 Å². The lowest BCUT2D eigenvalue weighted by atomic mass is 9.94. The summed E-state index contributed by atoms with van der Waals surface area (Å²) >= 11 is 2.02. The lowest BCUT2D eigenvalue weighted by molar-refractivity contribution is 0.623. The van der Waals surface area contributed by atoms with E-state index in [0.29, 0.717) is 6.04 Å². The minimum atomic E-state index is 0.445. The van der Waals surface area contributed by atoms with Crippen molar-refractivity contribution >= 4 is 17.4 Å². The van der Waals surface area contributed by atoms with Crippen molar-refractivity contribution < 1.29 is 0 Å². The largest absolute Gasteiger partial charge is 0.378 e. The van der Waals surface area contributed by atoms with Crippen LogP contribution < -0.4 is 5.32 Å². The summed E-state index contributed by atoms with van der Waals surface area (Å²) < 4.78 is 0. The second kappa shape index (κ2) is 5.24. The number of benzene rings is 1. The van der Waals surface area contributed by atoms with E-state index in [2.05, 4.69) is 37.9 Å². The molecule has 3 rings (SSSR count). The Kier molecular flexibility index (Phi) is 3.62. The molecule has 0 fully saturated rings. The Morgan fingerprint density at radius 3 is 2.95 bits per heavy atom. The zero-order chi connectivity index (χ0) is 13.4. The molecular weight excluding hydrogens is 250 g/mol. The van der Waals surface area contributed by atoms with Crippen molar-refractivity contribution in [3.05, 3.63) is 35.4 Å². The van der Waals surface area contributed by atoms with Gasteiger partial charge in [-0.3, -0.25) is 0 Å². The van der Waals surface area contributed by atoms with E-state index in [1.54, 1.807) is 5.56 Å². The van der Waals surface area contributed by atoms with Gasteiger partial charge in [0.2, 0.25) is 0 Å². The zero-order valence-corrected chi connectivity index (χ0v) is 12.8. The Morgan fingerprint density at radius 1 is 1.32 bits per heavy atom. The van der Waals surface area contributed by atoms with Crippen molar-refractivity contribution in [1.82, 2.24) is 0 Å². The summed E-state index contributed by atoms with van der Waals surface area (Å²) in [7, 11) is 0. The third-order valence-corrected chi connectivity index (χ3v) is 5.44. The number of fused-ring (bicyclic) bond motifs is 2. The summed E-state index contributed by atoms with van der Waals surface area (Å²) in [4.78, 5) is 1.49. The molecule has 0 amide bonds. The van der Waals surface area contributed by atoms with E-state index in [4.69, 9.17) is 0 Å². The third-order valence-electron chi connectivity index (χ3n) is 4.24. The Morgan fingerprint density at radius 2 is 2.16 bits per heavy atom. The topological polar surface area (TPSA) is 12.0 Å². The molecule has 2 aliphatic rings. The van der Waals surface area contributed by atoms with Gasteiger partial charge in [0.25, 0.3) is 0 Å². The van der Waals surface area contributed by atoms with Crippen LogP contribution in [0.2, 0.25) is 0 Å². The number of hydrogen-bond donors (Lipinski definition) is 1. The standard InChI is InChI=1S/C17H23NS/c1-11(2)15-7-5-4-6-13-9-14-8-12(3)19-17(14)10-16(13)18-15/h9-10,12,15,18H,1,4-8H2,2-3H3. The maximum Gasteiger partial charge on any atom is 0.0468 e. The van der Waals surface area contributed by atoms with Gasteiger partial charge in [0.1, 0.15) is 0 Å². The summed E-state index contributed by atoms with van der Waals surface area (Å²) in [5.41, 5.74) is 5.69. The highest BCUT2D eigenvalue weighted by molar-refractivity contribution is 8.00. The smallest absolute Gasteiger partial charge is 0.0468 e. The number of anilines is 1. The number of thioether (sulfide) groups is 1. The van der Waals surface area contributed by atoms with E-state index >= 15 is 0 Å². The summed E-state index contributed by atoms with van der Waals surface area (Å²) in [5.74, 6) is 0. The van der Waals surface area contributed by atoms with E-state index in [9.17, 15) is 0 Å². The minimum Gasteiger partial charge on any atom is -0.378 e. The van der Waals surface area contributed by atoms with Gasteiger partial charge in [0.15, 0.2) is 0 Å². The van der Waals surface area contributed by atoms with Gasteiger partial charge >= 0.3 is 0 Å². The lowest BCUT2D eigenvalue weighted by Gasteiger charge is -2.25. The van der Waals surface area contributed by atoms with E-state index in [0.717, 1.165) is 5.25 Å². The quantitative estimate of drug-likeness (QED) is 0.737. The van der Waals surface area contributed by atoms with Gasteiger partial charge in [0, 0.05) is 21.9 Å². The van der Waals surface area contributed by atoms with Gasteiger partial charge in [-0.1, -0.05) is 31.6 Å². The van der Waals surface area contributed by atoms with E-state index in [1.807, 2.05) is 11.8 Å². The van der Waals surface area contributed by atoms with Crippen LogP contribution in [0, 0.1) is 0 Å². The van der Waals surface area contributed by atoms with E-state index in [-0.39, 0.29) is 0 Å². The molecule has 0 spiro atoms. The predicted molar refractivity (Wildman–Crippen MR) is 85.2 cm³/mol. The van der Waals surface area contributed by atoms with Crippen LogP contribution in [0.5, 0.6) is 0 Å². The fourth-order valence-electron chi connectivity index (χ4n) is 3.15. The molecule has 0 saturated heterocycles. The van der Waals surface area contributed by atoms with Gasteiger partial charge in [-0.15, -0.1) is 11.8 Å². The van der Waals surface area contributed by atoms with Crippen molar-refractivity contribution in [2.24, 2.45) is 0 Å². The molecule has 0 saturated carbocycles. The van der Waals surface area contributed by atoms with Crippen LogP contribution in [0.15, 0.2) is 29.2 Å². The third kappa shape index (κ3) is 2.69. The van der Waals surface area contributed by atoms with E-state index in [1.165, 1.54) is 53.8 Å². The van der Waals surface area contributed by atoms with Gasteiger partial charge < -0.3 is 5.32 Å². The molecule has 2 atom stereocenters. The summed E-state index contributed by atoms with van der Waals surface area (Å²) in [6, 6.07) is 5.29. The van der Waals surface area contributed by atoms with Crippen LogP contribution in [-0.2, 0) is 12.8 Å². The highest BCUT2D eigenvalue weighted by Gasteiger charge is 2.22. The molecule has 1 aromatic rings.